The van der Waals surface area contributed by atoms with E-state index < -0.39 is 0 Å². The lowest BCUT2D eigenvalue weighted by Gasteiger charge is -2.36. The van der Waals surface area contributed by atoms with Gasteiger partial charge in [-0.2, -0.15) is 4.98 Å². The van der Waals surface area contributed by atoms with E-state index in [9.17, 15) is 9.90 Å². The van der Waals surface area contributed by atoms with Gasteiger partial charge in [0.2, 0.25) is 17.6 Å². The predicted molar refractivity (Wildman–Crippen MR) is 112 cm³/mol. The summed E-state index contributed by atoms with van der Waals surface area (Å²) in [6, 6.07) is 14.6. The molecule has 0 spiro atoms. The van der Waals surface area contributed by atoms with E-state index in [-0.39, 0.29) is 11.7 Å². The lowest BCUT2D eigenvalue weighted by atomic mass is 10.2. The lowest BCUT2D eigenvalue weighted by molar-refractivity contribution is -0.131. The van der Waals surface area contributed by atoms with Crippen molar-refractivity contribution >= 4 is 11.6 Å². The zero-order chi connectivity index (χ0) is 20.9. The number of rotatable bonds is 6. The van der Waals surface area contributed by atoms with Crippen molar-refractivity contribution in [2.45, 2.75) is 12.8 Å². The smallest absolute Gasteiger partial charge is 0.227 e. The summed E-state index contributed by atoms with van der Waals surface area (Å²) in [5, 5.41) is 13.6. The third-order valence-electron chi connectivity index (χ3n) is 5.20. The zero-order valence-electron chi connectivity index (χ0n) is 16.8. The number of hydrogen-bond acceptors (Lipinski definition) is 7. The Morgan fingerprint density at radius 1 is 1.13 bits per heavy atom. The summed E-state index contributed by atoms with van der Waals surface area (Å²) in [5.74, 6) is 2.04. The molecule has 2 heterocycles. The van der Waals surface area contributed by atoms with E-state index >= 15 is 0 Å². The van der Waals surface area contributed by atoms with Crippen molar-refractivity contribution in [3.8, 4) is 22.9 Å². The molecule has 30 heavy (non-hydrogen) atoms. The number of aromatic hydroxyl groups is 1. The molecule has 4 rings (SSSR count). The van der Waals surface area contributed by atoms with Gasteiger partial charge < -0.3 is 24.2 Å². The highest BCUT2D eigenvalue weighted by molar-refractivity contribution is 5.76. The first-order chi connectivity index (χ1) is 14.6. The number of phenols is 1. The Bertz CT molecular complexity index is 994. The fraction of sp³-hybridized carbons (Fsp3) is 0.318. The molecule has 1 amide bonds. The summed E-state index contributed by atoms with van der Waals surface area (Å²) in [7, 11) is 1.62. The molecule has 156 valence electrons. The van der Waals surface area contributed by atoms with E-state index in [1.807, 2.05) is 41.3 Å². The fourth-order valence-corrected chi connectivity index (χ4v) is 3.49. The maximum absolute atomic E-state index is 12.6. The van der Waals surface area contributed by atoms with Gasteiger partial charge in [-0.15, -0.1) is 0 Å². The van der Waals surface area contributed by atoms with Crippen LogP contribution in [0.5, 0.6) is 11.5 Å². The van der Waals surface area contributed by atoms with Crippen LogP contribution in [-0.4, -0.2) is 59.3 Å². The van der Waals surface area contributed by atoms with Gasteiger partial charge in [-0.25, -0.2) is 0 Å². The molecule has 1 saturated heterocycles. The summed E-state index contributed by atoms with van der Waals surface area (Å²) in [6.45, 7) is 2.76. The molecule has 3 aromatic rings. The number of methoxy groups -OCH3 is 1. The molecule has 0 aliphatic carbocycles. The van der Waals surface area contributed by atoms with Gasteiger partial charge in [0.1, 0.15) is 11.5 Å². The minimum absolute atomic E-state index is 0.0785. The lowest BCUT2D eigenvalue weighted by Crippen LogP contribution is -2.48. The first-order valence-electron chi connectivity index (χ1n) is 9.91. The van der Waals surface area contributed by atoms with Gasteiger partial charge in [0.15, 0.2) is 0 Å². The molecule has 8 nitrogen and oxygen atoms in total. The fourth-order valence-electron chi connectivity index (χ4n) is 3.49. The van der Waals surface area contributed by atoms with Crippen molar-refractivity contribution in [1.82, 2.24) is 15.0 Å². The van der Waals surface area contributed by atoms with E-state index in [2.05, 4.69) is 15.0 Å². The quantitative estimate of drug-likeness (QED) is 0.670. The summed E-state index contributed by atoms with van der Waals surface area (Å²) < 4.78 is 10.5. The molecule has 8 heteroatoms. The summed E-state index contributed by atoms with van der Waals surface area (Å²) in [6.07, 6.45) is 0.741. The molecule has 0 bridgehead atoms. The van der Waals surface area contributed by atoms with Gasteiger partial charge in [-0.05, 0) is 36.4 Å². The number of amides is 1. The molecule has 1 aliphatic heterocycles. The molecular formula is C22H24N4O4. The molecule has 0 unspecified atom stereocenters. The van der Waals surface area contributed by atoms with Crippen LogP contribution in [0.2, 0.25) is 0 Å². The second-order valence-electron chi connectivity index (χ2n) is 7.13. The number of anilines is 1. The number of carbonyl (C=O) groups excluding carboxylic acids is 1. The van der Waals surface area contributed by atoms with Crippen LogP contribution in [0, 0.1) is 0 Å². The Balaban J connectivity index is 1.27. The van der Waals surface area contributed by atoms with E-state index in [1.54, 1.807) is 19.2 Å². The standard InChI is InChI=1S/C22H24N4O4/c1-29-19-7-5-16(6-8-19)22-23-20(30-24-22)9-10-21(28)26-13-11-25(12-14-26)17-3-2-4-18(27)15-17/h2-8,15,27H,9-14H2,1H3. The van der Waals surface area contributed by atoms with Crippen LogP contribution in [0.4, 0.5) is 5.69 Å². The minimum atomic E-state index is 0.0785. The second kappa shape index (κ2) is 8.86. The number of aromatic nitrogens is 2. The second-order valence-corrected chi connectivity index (χ2v) is 7.13. The average Bonchev–Trinajstić information content (AvgIpc) is 3.27. The van der Waals surface area contributed by atoms with Gasteiger partial charge in [-0.1, -0.05) is 11.2 Å². The van der Waals surface area contributed by atoms with Crippen molar-refractivity contribution in [2.24, 2.45) is 0 Å². The maximum Gasteiger partial charge on any atom is 0.227 e. The molecule has 1 fully saturated rings. The first-order valence-corrected chi connectivity index (χ1v) is 9.91. The topological polar surface area (TPSA) is 91.9 Å². The van der Waals surface area contributed by atoms with Gasteiger partial charge in [0, 0.05) is 56.3 Å². The third kappa shape index (κ3) is 4.53. The Labute approximate surface area is 174 Å². The van der Waals surface area contributed by atoms with Crippen molar-refractivity contribution in [3.63, 3.8) is 0 Å². The van der Waals surface area contributed by atoms with Crippen molar-refractivity contribution in [1.29, 1.82) is 0 Å². The van der Waals surface area contributed by atoms with Crippen molar-refractivity contribution in [2.75, 3.05) is 38.2 Å². The van der Waals surface area contributed by atoms with Crippen LogP contribution in [0.25, 0.3) is 11.4 Å². The Morgan fingerprint density at radius 2 is 1.90 bits per heavy atom. The summed E-state index contributed by atoms with van der Waals surface area (Å²) >= 11 is 0. The number of phenolic OH excluding ortho intramolecular Hbond substituents is 1. The van der Waals surface area contributed by atoms with Gasteiger partial charge in [0.05, 0.1) is 7.11 Å². The van der Waals surface area contributed by atoms with Crippen LogP contribution >= 0.6 is 0 Å². The number of carbonyl (C=O) groups is 1. The number of ether oxygens (including phenoxy) is 1. The molecule has 1 N–H and O–H groups in total. The number of piperazine rings is 1. The van der Waals surface area contributed by atoms with Crippen LogP contribution in [0.3, 0.4) is 0 Å². The Kier molecular flexibility index (Phi) is 5.83. The monoisotopic (exact) mass is 408 g/mol. The zero-order valence-corrected chi connectivity index (χ0v) is 16.8. The van der Waals surface area contributed by atoms with Crippen LogP contribution in [0.15, 0.2) is 53.1 Å². The molecule has 0 atom stereocenters. The largest absolute Gasteiger partial charge is 0.508 e. The van der Waals surface area contributed by atoms with Gasteiger partial charge >= 0.3 is 0 Å². The highest BCUT2D eigenvalue weighted by Crippen LogP contribution is 2.22. The van der Waals surface area contributed by atoms with E-state index in [0.717, 1.165) is 30.1 Å². The highest BCUT2D eigenvalue weighted by atomic mass is 16.5. The molecule has 0 saturated carbocycles. The predicted octanol–water partition coefficient (Wildman–Crippen LogP) is 2.73. The normalized spacial score (nSPS) is 14.0. The number of hydrogen-bond donors (Lipinski definition) is 1. The van der Waals surface area contributed by atoms with Gasteiger partial charge in [0.25, 0.3) is 0 Å². The number of aryl methyl sites for hydroxylation is 1. The first kappa shape index (κ1) is 19.8. The SMILES string of the molecule is COc1ccc(-c2noc(CCC(=O)N3CCN(c4cccc(O)c4)CC3)n2)cc1. The van der Waals surface area contributed by atoms with E-state index in [4.69, 9.17) is 9.26 Å². The maximum atomic E-state index is 12.6. The Hall–Kier alpha value is -3.55. The third-order valence-corrected chi connectivity index (χ3v) is 5.20. The van der Waals surface area contributed by atoms with Crippen molar-refractivity contribution < 1.29 is 19.2 Å². The van der Waals surface area contributed by atoms with Gasteiger partial charge in [-0.3, -0.25) is 4.79 Å². The minimum Gasteiger partial charge on any atom is -0.508 e. The highest BCUT2D eigenvalue weighted by Gasteiger charge is 2.22. The van der Waals surface area contributed by atoms with Crippen LogP contribution in [-0.2, 0) is 11.2 Å². The number of nitrogens with zero attached hydrogens (tertiary/aromatic N) is 4. The summed E-state index contributed by atoms with van der Waals surface area (Å²) in [4.78, 5) is 21.0. The molecule has 1 aliphatic rings. The van der Waals surface area contributed by atoms with Crippen LogP contribution in [0.1, 0.15) is 12.3 Å². The number of benzene rings is 2. The average molecular weight is 408 g/mol. The molecular weight excluding hydrogens is 384 g/mol. The van der Waals surface area contributed by atoms with E-state index in [0.29, 0.717) is 37.6 Å². The van der Waals surface area contributed by atoms with Crippen molar-refractivity contribution in [3.05, 3.63) is 54.4 Å². The molecule has 2 aromatic carbocycles. The Morgan fingerprint density at radius 3 is 2.60 bits per heavy atom. The molecule has 0 radical (unpaired) electrons. The van der Waals surface area contributed by atoms with Crippen LogP contribution < -0.4 is 9.64 Å². The summed E-state index contributed by atoms with van der Waals surface area (Å²) in [5.41, 5.74) is 1.80. The van der Waals surface area contributed by atoms with E-state index in [1.165, 1.54) is 0 Å². The molecule has 1 aromatic heterocycles.